The molecule has 0 spiro atoms. The number of methoxy groups -OCH3 is 1. The second-order valence-corrected chi connectivity index (χ2v) is 5.81. The Morgan fingerprint density at radius 3 is 2.71 bits per heavy atom. The molecule has 0 bridgehead atoms. The van der Waals surface area contributed by atoms with Crippen molar-refractivity contribution in [2.45, 2.75) is 19.4 Å². The summed E-state index contributed by atoms with van der Waals surface area (Å²) in [6.45, 7) is 7.47. The number of rotatable bonds is 2. The highest BCUT2D eigenvalue weighted by molar-refractivity contribution is 7.11. The number of nitrogens with two attached hydrogens (primary N) is 1. The van der Waals surface area contributed by atoms with Crippen molar-refractivity contribution in [3.8, 4) is 5.75 Å². The van der Waals surface area contributed by atoms with Gasteiger partial charge in [0.05, 0.1) is 7.11 Å². The van der Waals surface area contributed by atoms with Gasteiger partial charge in [-0.2, -0.15) is 4.37 Å². The average molecular weight is 256 g/mol. The van der Waals surface area contributed by atoms with Gasteiger partial charge in [-0.15, -0.1) is 0 Å². The van der Waals surface area contributed by atoms with Crippen molar-refractivity contribution in [1.29, 1.82) is 0 Å². The number of nitrogens with zero attached hydrogens (tertiary/aromatic N) is 3. The number of likely N-dealkylation sites (N-methyl/N-ethyl adjacent to an activating group) is 1. The van der Waals surface area contributed by atoms with E-state index in [1.54, 1.807) is 7.11 Å². The average Bonchev–Trinajstić information content (AvgIpc) is 2.63. The van der Waals surface area contributed by atoms with E-state index in [1.165, 1.54) is 11.5 Å². The Balaban J connectivity index is 2.23. The van der Waals surface area contributed by atoms with E-state index in [1.807, 2.05) is 0 Å². The molecule has 0 saturated carbocycles. The van der Waals surface area contributed by atoms with Crippen LogP contribution in [0, 0.1) is 0 Å². The molecule has 2 heterocycles. The first-order valence-electron chi connectivity index (χ1n) is 5.71. The van der Waals surface area contributed by atoms with Crippen LogP contribution in [0.2, 0.25) is 0 Å². The zero-order valence-corrected chi connectivity index (χ0v) is 11.7. The molecule has 0 atom stereocenters. The van der Waals surface area contributed by atoms with Crippen molar-refractivity contribution < 1.29 is 4.74 Å². The van der Waals surface area contributed by atoms with Gasteiger partial charge in [0.2, 0.25) is 0 Å². The van der Waals surface area contributed by atoms with E-state index in [-0.39, 0.29) is 5.54 Å². The molecule has 1 aromatic rings. The summed E-state index contributed by atoms with van der Waals surface area (Å²) in [7, 11) is 3.81. The summed E-state index contributed by atoms with van der Waals surface area (Å²) >= 11 is 1.42. The maximum atomic E-state index is 5.79. The molecule has 0 amide bonds. The third kappa shape index (κ3) is 2.19. The molecule has 96 valence electrons. The lowest BCUT2D eigenvalue weighted by molar-refractivity contribution is 0.139. The molecule has 0 unspecified atom stereocenters. The Bertz CT molecular complexity index is 404. The second-order valence-electron chi connectivity index (χ2n) is 5.06. The van der Waals surface area contributed by atoms with Crippen molar-refractivity contribution in [3.63, 3.8) is 0 Å². The zero-order valence-electron chi connectivity index (χ0n) is 10.9. The van der Waals surface area contributed by atoms with Crippen LogP contribution >= 0.6 is 11.5 Å². The van der Waals surface area contributed by atoms with Gasteiger partial charge in [0.15, 0.2) is 16.6 Å². The molecule has 2 N–H and O–H groups in total. The standard InChI is InChI=1S/C11H20N4OS/c1-11(2)7-15(6-5-14(11)3)10-8(16-4)9(12)13-17-10/h5-7H2,1-4H3,(H2,12,13). The van der Waals surface area contributed by atoms with Gasteiger partial charge in [-0.3, -0.25) is 4.90 Å². The molecular weight excluding hydrogens is 236 g/mol. The Morgan fingerprint density at radius 1 is 1.41 bits per heavy atom. The molecule has 0 radical (unpaired) electrons. The topological polar surface area (TPSA) is 54.6 Å². The monoisotopic (exact) mass is 256 g/mol. The number of ether oxygens (including phenoxy) is 1. The molecule has 2 rings (SSSR count). The lowest BCUT2D eigenvalue weighted by Gasteiger charge is -2.45. The highest BCUT2D eigenvalue weighted by Crippen LogP contribution is 2.39. The summed E-state index contributed by atoms with van der Waals surface area (Å²) in [6, 6.07) is 0. The maximum absolute atomic E-state index is 5.79. The highest BCUT2D eigenvalue weighted by atomic mass is 32.1. The van der Waals surface area contributed by atoms with Gasteiger partial charge in [-0.25, -0.2) is 0 Å². The van der Waals surface area contributed by atoms with E-state index in [9.17, 15) is 0 Å². The van der Waals surface area contributed by atoms with Gasteiger partial charge < -0.3 is 15.4 Å². The number of nitrogen functional groups attached to an aromatic ring is 1. The first kappa shape index (κ1) is 12.4. The van der Waals surface area contributed by atoms with Crippen LogP contribution in [0.5, 0.6) is 5.75 Å². The number of hydrogen-bond donors (Lipinski definition) is 1. The SMILES string of the molecule is COc1c(N)nsc1N1CCN(C)C(C)(C)C1. The molecule has 0 aromatic carbocycles. The minimum absolute atomic E-state index is 0.155. The van der Waals surface area contributed by atoms with E-state index < -0.39 is 0 Å². The Kier molecular flexibility index (Phi) is 3.18. The summed E-state index contributed by atoms with van der Waals surface area (Å²) in [5.74, 6) is 1.21. The highest BCUT2D eigenvalue weighted by Gasteiger charge is 2.33. The van der Waals surface area contributed by atoms with Gasteiger partial charge in [-0.1, -0.05) is 0 Å². The van der Waals surface area contributed by atoms with Crippen molar-refractivity contribution in [1.82, 2.24) is 9.27 Å². The predicted octanol–water partition coefficient (Wildman–Crippen LogP) is 1.26. The molecule has 5 nitrogen and oxygen atoms in total. The molecule has 1 aliphatic heterocycles. The van der Waals surface area contributed by atoms with Crippen LogP contribution in [0.4, 0.5) is 10.8 Å². The molecule has 0 aliphatic carbocycles. The summed E-state index contributed by atoms with van der Waals surface area (Å²) in [5.41, 5.74) is 5.95. The molecular formula is C11H20N4OS. The van der Waals surface area contributed by atoms with Crippen LogP contribution in [0.25, 0.3) is 0 Å². The molecule has 1 aliphatic rings. The molecule has 1 aromatic heterocycles. The molecule has 1 saturated heterocycles. The Morgan fingerprint density at radius 2 is 2.12 bits per heavy atom. The third-order valence-corrected chi connectivity index (χ3v) is 4.37. The Labute approximate surface area is 106 Å². The fraction of sp³-hybridized carbons (Fsp3) is 0.727. The quantitative estimate of drug-likeness (QED) is 0.863. The van der Waals surface area contributed by atoms with Crippen LogP contribution in [-0.2, 0) is 0 Å². The number of anilines is 2. The van der Waals surface area contributed by atoms with Crippen molar-refractivity contribution in [2.24, 2.45) is 0 Å². The summed E-state index contributed by atoms with van der Waals surface area (Å²) in [5, 5.41) is 1.05. The minimum Gasteiger partial charge on any atom is -0.490 e. The van der Waals surface area contributed by atoms with Crippen LogP contribution in [0.3, 0.4) is 0 Å². The number of piperazine rings is 1. The summed E-state index contributed by atoms with van der Waals surface area (Å²) < 4.78 is 9.50. The number of hydrogen-bond acceptors (Lipinski definition) is 6. The van der Waals surface area contributed by atoms with Crippen molar-refractivity contribution in [2.75, 3.05) is 44.4 Å². The fourth-order valence-corrected chi connectivity index (χ4v) is 2.90. The molecule has 1 fully saturated rings. The van der Waals surface area contributed by atoms with E-state index >= 15 is 0 Å². The van der Waals surface area contributed by atoms with E-state index in [4.69, 9.17) is 10.5 Å². The van der Waals surface area contributed by atoms with Gasteiger partial charge in [0.25, 0.3) is 0 Å². The van der Waals surface area contributed by atoms with E-state index in [2.05, 4.69) is 35.1 Å². The summed E-state index contributed by atoms with van der Waals surface area (Å²) in [6.07, 6.45) is 0. The minimum atomic E-state index is 0.155. The van der Waals surface area contributed by atoms with Gasteiger partial charge in [0.1, 0.15) is 0 Å². The molecule has 6 heteroatoms. The van der Waals surface area contributed by atoms with Gasteiger partial charge in [0, 0.05) is 25.2 Å². The van der Waals surface area contributed by atoms with Gasteiger partial charge in [-0.05, 0) is 32.4 Å². The second kappa shape index (κ2) is 4.34. The summed E-state index contributed by atoms with van der Waals surface area (Å²) in [4.78, 5) is 4.69. The van der Waals surface area contributed by atoms with Crippen molar-refractivity contribution >= 4 is 22.4 Å². The third-order valence-electron chi connectivity index (χ3n) is 3.47. The fourth-order valence-electron chi connectivity index (χ4n) is 2.09. The normalized spacial score (nSPS) is 20.6. The smallest absolute Gasteiger partial charge is 0.197 e. The lowest BCUT2D eigenvalue weighted by Crippen LogP contribution is -2.57. The largest absolute Gasteiger partial charge is 0.490 e. The Hall–Kier alpha value is -1.01. The van der Waals surface area contributed by atoms with E-state index in [0.717, 1.165) is 30.4 Å². The number of aromatic nitrogens is 1. The van der Waals surface area contributed by atoms with Crippen molar-refractivity contribution in [3.05, 3.63) is 0 Å². The van der Waals surface area contributed by atoms with Crippen LogP contribution < -0.4 is 15.4 Å². The first-order chi connectivity index (χ1) is 7.95. The first-order valence-corrected chi connectivity index (χ1v) is 6.48. The zero-order chi connectivity index (χ0) is 12.6. The van der Waals surface area contributed by atoms with Crippen LogP contribution in [0.1, 0.15) is 13.8 Å². The van der Waals surface area contributed by atoms with Crippen LogP contribution in [-0.4, -0.2) is 48.6 Å². The molecule has 17 heavy (non-hydrogen) atoms. The van der Waals surface area contributed by atoms with Gasteiger partial charge >= 0.3 is 0 Å². The maximum Gasteiger partial charge on any atom is 0.197 e. The lowest BCUT2D eigenvalue weighted by atomic mass is 10.00. The van der Waals surface area contributed by atoms with Crippen LogP contribution in [0.15, 0.2) is 0 Å². The van der Waals surface area contributed by atoms with E-state index in [0.29, 0.717) is 5.82 Å². The predicted molar refractivity (Wildman–Crippen MR) is 72.0 cm³/mol.